The Bertz CT molecular complexity index is 906. The van der Waals surface area contributed by atoms with Gasteiger partial charge in [0.05, 0.1) is 11.7 Å². The van der Waals surface area contributed by atoms with Gasteiger partial charge in [0.1, 0.15) is 12.4 Å². The van der Waals surface area contributed by atoms with Crippen molar-refractivity contribution in [1.29, 1.82) is 0 Å². The minimum atomic E-state index is -0.131. The molecule has 1 atom stereocenters. The second kappa shape index (κ2) is 8.73. The summed E-state index contributed by atoms with van der Waals surface area (Å²) < 4.78 is 7.63. The van der Waals surface area contributed by atoms with E-state index in [2.05, 4.69) is 10.4 Å². The summed E-state index contributed by atoms with van der Waals surface area (Å²) in [7, 11) is 0. The molecule has 0 saturated carbocycles. The minimum absolute atomic E-state index is 0.125. The number of nitrogens with zero attached hydrogens (tertiary/aromatic N) is 2. The topological polar surface area (TPSA) is 56.2 Å². The Balaban J connectivity index is 1.63. The Morgan fingerprint density at radius 3 is 2.74 bits per heavy atom. The molecule has 1 N–H and O–H groups in total. The largest absolute Gasteiger partial charge is 0.489 e. The standard InChI is InChI=1S/C21H22ClN3O2/c1-3-25-20(11-12-23-25)15(2)24-21(26)17-6-4-5-16(13-17)14-27-19-9-7-18(22)8-10-19/h4-13,15H,3,14H2,1-2H3,(H,24,26). The lowest BCUT2D eigenvalue weighted by Crippen LogP contribution is -2.28. The smallest absolute Gasteiger partial charge is 0.251 e. The van der Waals surface area contributed by atoms with Crippen molar-refractivity contribution >= 4 is 17.5 Å². The average molecular weight is 384 g/mol. The fraction of sp³-hybridized carbons (Fsp3) is 0.238. The third kappa shape index (κ3) is 4.89. The van der Waals surface area contributed by atoms with Crippen molar-refractivity contribution in [2.24, 2.45) is 0 Å². The molecule has 27 heavy (non-hydrogen) atoms. The maximum Gasteiger partial charge on any atom is 0.251 e. The number of carbonyl (C=O) groups excluding carboxylic acids is 1. The van der Waals surface area contributed by atoms with Crippen LogP contribution in [0.1, 0.15) is 41.5 Å². The molecule has 0 spiro atoms. The molecule has 3 aromatic rings. The van der Waals surface area contributed by atoms with E-state index in [4.69, 9.17) is 16.3 Å². The number of amides is 1. The first-order valence-corrected chi connectivity index (χ1v) is 9.24. The Morgan fingerprint density at radius 1 is 1.22 bits per heavy atom. The van der Waals surface area contributed by atoms with E-state index in [1.165, 1.54) is 0 Å². The van der Waals surface area contributed by atoms with Crippen LogP contribution in [0.3, 0.4) is 0 Å². The summed E-state index contributed by atoms with van der Waals surface area (Å²) in [6.45, 7) is 5.12. The van der Waals surface area contributed by atoms with Crippen LogP contribution in [0.5, 0.6) is 5.75 Å². The van der Waals surface area contributed by atoms with Crippen LogP contribution in [0, 0.1) is 0 Å². The van der Waals surface area contributed by atoms with Crippen LogP contribution in [-0.2, 0) is 13.2 Å². The Labute approximate surface area is 163 Å². The molecule has 1 amide bonds. The van der Waals surface area contributed by atoms with Crippen molar-refractivity contribution in [2.45, 2.75) is 33.0 Å². The normalized spacial score (nSPS) is 11.8. The van der Waals surface area contributed by atoms with Gasteiger partial charge in [-0.25, -0.2) is 0 Å². The minimum Gasteiger partial charge on any atom is -0.489 e. The molecule has 0 bridgehead atoms. The Morgan fingerprint density at radius 2 is 2.00 bits per heavy atom. The summed E-state index contributed by atoms with van der Waals surface area (Å²) in [5.41, 5.74) is 2.50. The van der Waals surface area contributed by atoms with Gasteiger partial charge in [-0.3, -0.25) is 9.48 Å². The van der Waals surface area contributed by atoms with Gasteiger partial charge in [-0.1, -0.05) is 23.7 Å². The molecular formula is C21H22ClN3O2. The zero-order valence-electron chi connectivity index (χ0n) is 15.4. The van der Waals surface area contributed by atoms with Gasteiger partial charge < -0.3 is 10.1 Å². The van der Waals surface area contributed by atoms with E-state index < -0.39 is 0 Å². The monoisotopic (exact) mass is 383 g/mol. The van der Waals surface area contributed by atoms with E-state index in [9.17, 15) is 4.79 Å². The van der Waals surface area contributed by atoms with Crippen molar-refractivity contribution in [2.75, 3.05) is 0 Å². The molecular weight excluding hydrogens is 362 g/mol. The predicted octanol–water partition coefficient (Wildman–Crippen LogP) is 4.63. The van der Waals surface area contributed by atoms with Gasteiger partial charge in [0.25, 0.3) is 5.91 Å². The molecule has 0 aliphatic carbocycles. The van der Waals surface area contributed by atoms with Crippen molar-refractivity contribution in [3.05, 3.63) is 82.6 Å². The van der Waals surface area contributed by atoms with Crippen molar-refractivity contribution in [3.63, 3.8) is 0 Å². The zero-order valence-corrected chi connectivity index (χ0v) is 16.1. The van der Waals surface area contributed by atoms with Gasteiger partial charge in [0.2, 0.25) is 0 Å². The summed E-state index contributed by atoms with van der Waals surface area (Å²) in [5.74, 6) is 0.607. The quantitative estimate of drug-likeness (QED) is 0.647. The van der Waals surface area contributed by atoms with Crippen LogP contribution in [0.4, 0.5) is 0 Å². The molecule has 1 unspecified atom stereocenters. The third-order valence-electron chi connectivity index (χ3n) is 4.25. The highest BCUT2D eigenvalue weighted by molar-refractivity contribution is 6.30. The highest BCUT2D eigenvalue weighted by Gasteiger charge is 2.15. The van der Waals surface area contributed by atoms with Gasteiger partial charge in [0.15, 0.2) is 0 Å². The van der Waals surface area contributed by atoms with Crippen LogP contribution in [0.2, 0.25) is 5.02 Å². The lowest BCUT2D eigenvalue weighted by Gasteiger charge is -2.16. The number of nitrogens with one attached hydrogen (secondary N) is 1. The van der Waals surface area contributed by atoms with Crippen molar-refractivity contribution < 1.29 is 9.53 Å². The Kier molecular flexibility index (Phi) is 6.14. The molecule has 0 aliphatic rings. The van der Waals surface area contributed by atoms with Gasteiger partial charge in [-0.2, -0.15) is 5.10 Å². The highest BCUT2D eigenvalue weighted by Crippen LogP contribution is 2.18. The zero-order chi connectivity index (χ0) is 19.2. The summed E-state index contributed by atoms with van der Waals surface area (Å²) in [4.78, 5) is 12.6. The first kappa shape index (κ1) is 19.0. The molecule has 0 aliphatic heterocycles. The van der Waals surface area contributed by atoms with Crippen LogP contribution < -0.4 is 10.1 Å². The second-order valence-electron chi connectivity index (χ2n) is 6.21. The Hall–Kier alpha value is -2.79. The summed E-state index contributed by atoms with van der Waals surface area (Å²) >= 11 is 5.88. The van der Waals surface area contributed by atoms with Gasteiger partial charge in [-0.15, -0.1) is 0 Å². The van der Waals surface area contributed by atoms with Crippen molar-refractivity contribution in [3.8, 4) is 5.75 Å². The fourth-order valence-corrected chi connectivity index (χ4v) is 2.95. The van der Waals surface area contributed by atoms with E-state index in [0.717, 1.165) is 23.6 Å². The first-order valence-electron chi connectivity index (χ1n) is 8.86. The molecule has 3 rings (SSSR count). The molecule has 0 saturated heterocycles. The second-order valence-corrected chi connectivity index (χ2v) is 6.65. The van der Waals surface area contributed by atoms with E-state index in [0.29, 0.717) is 17.2 Å². The van der Waals surface area contributed by atoms with Crippen molar-refractivity contribution in [1.82, 2.24) is 15.1 Å². The summed E-state index contributed by atoms with van der Waals surface area (Å²) in [6.07, 6.45) is 1.75. The van der Waals surface area contributed by atoms with E-state index in [-0.39, 0.29) is 11.9 Å². The first-order chi connectivity index (χ1) is 13.1. The highest BCUT2D eigenvalue weighted by atomic mass is 35.5. The molecule has 1 aromatic heterocycles. The number of hydrogen-bond donors (Lipinski definition) is 1. The number of benzene rings is 2. The van der Waals surface area contributed by atoms with Gasteiger partial charge in [-0.05, 0) is 61.9 Å². The molecule has 2 aromatic carbocycles. The molecule has 0 radical (unpaired) electrons. The van der Waals surface area contributed by atoms with Gasteiger partial charge >= 0.3 is 0 Å². The third-order valence-corrected chi connectivity index (χ3v) is 4.50. The molecule has 6 heteroatoms. The van der Waals surface area contributed by atoms with Crippen LogP contribution in [0.15, 0.2) is 60.8 Å². The number of ether oxygens (including phenoxy) is 1. The van der Waals surface area contributed by atoms with Crippen LogP contribution in [0.25, 0.3) is 0 Å². The fourth-order valence-electron chi connectivity index (χ4n) is 2.83. The number of halogens is 1. The van der Waals surface area contributed by atoms with E-state index >= 15 is 0 Å². The van der Waals surface area contributed by atoms with E-state index in [1.807, 2.05) is 54.9 Å². The lowest BCUT2D eigenvalue weighted by atomic mass is 10.1. The van der Waals surface area contributed by atoms with Crippen LogP contribution >= 0.6 is 11.6 Å². The van der Waals surface area contributed by atoms with Crippen LogP contribution in [-0.4, -0.2) is 15.7 Å². The molecule has 0 fully saturated rings. The summed E-state index contributed by atoms with van der Waals surface area (Å²) in [6, 6.07) is 16.4. The number of carbonyl (C=O) groups is 1. The number of aromatic nitrogens is 2. The van der Waals surface area contributed by atoms with E-state index in [1.54, 1.807) is 24.4 Å². The molecule has 5 nitrogen and oxygen atoms in total. The number of hydrogen-bond acceptors (Lipinski definition) is 3. The maximum absolute atomic E-state index is 12.6. The SMILES string of the molecule is CCn1nccc1C(C)NC(=O)c1cccc(COc2ccc(Cl)cc2)c1. The molecule has 140 valence electrons. The number of rotatable bonds is 7. The molecule has 1 heterocycles. The maximum atomic E-state index is 12.6. The summed E-state index contributed by atoms with van der Waals surface area (Å²) in [5, 5.41) is 7.94. The van der Waals surface area contributed by atoms with Gasteiger partial charge in [0, 0.05) is 23.3 Å². The predicted molar refractivity (Wildman–Crippen MR) is 106 cm³/mol. The average Bonchev–Trinajstić information content (AvgIpc) is 3.17. The lowest BCUT2D eigenvalue weighted by molar-refractivity contribution is 0.0938. The number of aryl methyl sites for hydroxylation is 1.